The number of amides is 1. The zero-order valence-corrected chi connectivity index (χ0v) is 13.7. The number of carbonyl (C=O) groups excluding carboxylic acids is 1. The van der Waals surface area contributed by atoms with Crippen molar-refractivity contribution in [2.45, 2.75) is 17.9 Å². The van der Waals surface area contributed by atoms with E-state index >= 15 is 0 Å². The Labute approximate surface area is 137 Å². The Balaban J connectivity index is 2.02. The van der Waals surface area contributed by atoms with Crippen LogP contribution in [0.4, 0.5) is 10.1 Å². The van der Waals surface area contributed by atoms with Crippen molar-refractivity contribution < 1.29 is 18.1 Å². The van der Waals surface area contributed by atoms with Gasteiger partial charge in [-0.2, -0.15) is 0 Å². The minimum atomic E-state index is -1.46. The van der Waals surface area contributed by atoms with Crippen molar-refractivity contribution in [3.8, 4) is 5.75 Å². The van der Waals surface area contributed by atoms with Crippen LogP contribution < -0.4 is 10.1 Å². The number of methoxy groups -OCH3 is 1. The minimum absolute atomic E-state index is 0.123. The van der Waals surface area contributed by atoms with Crippen LogP contribution in [0.3, 0.4) is 0 Å². The third-order valence-corrected chi connectivity index (χ3v) is 4.95. The molecule has 4 nitrogen and oxygen atoms in total. The van der Waals surface area contributed by atoms with Crippen LogP contribution >= 0.6 is 0 Å². The van der Waals surface area contributed by atoms with Crippen LogP contribution in [0, 0.1) is 5.82 Å². The number of hydrogen-bond donors (Lipinski definition) is 1. The summed E-state index contributed by atoms with van der Waals surface area (Å²) in [5.74, 6) is -0.100. The molecule has 0 aromatic heterocycles. The second-order valence-electron chi connectivity index (χ2n) is 4.99. The Bertz CT molecular complexity index is 720. The highest BCUT2D eigenvalue weighted by Gasteiger charge is 2.21. The predicted molar refractivity (Wildman–Crippen MR) is 89.3 cm³/mol. The standard InChI is InChI=1S/C17H18FNO3S/c1-12(23(21)11-13-6-5-7-14(18)10-13)17(20)19-15-8-3-4-9-16(15)22-2/h3-10,12H,11H2,1-2H3,(H,19,20)/t12-,23+/m1/s1. The second-order valence-corrected chi connectivity index (χ2v) is 6.74. The topological polar surface area (TPSA) is 55.4 Å². The first-order valence-electron chi connectivity index (χ1n) is 7.06. The number of anilines is 1. The van der Waals surface area contributed by atoms with E-state index in [4.69, 9.17) is 4.74 Å². The molecule has 23 heavy (non-hydrogen) atoms. The van der Waals surface area contributed by atoms with Crippen molar-refractivity contribution in [3.05, 3.63) is 59.9 Å². The molecule has 6 heteroatoms. The van der Waals surface area contributed by atoms with E-state index in [0.717, 1.165) is 0 Å². The number of ether oxygens (including phenoxy) is 1. The van der Waals surface area contributed by atoms with Crippen LogP contribution in [-0.4, -0.2) is 22.5 Å². The summed E-state index contributed by atoms with van der Waals surface area (Å²) in [6.45, 7) is 1.58. The van der Waals surface area contributed by atoms with E-state index in [1.54, 1.807) is 43.3 Å². The molecule has 2 rings (SSSR count). The number of benzene rings is 2. The van der Waals surface area contributed by atoms with Gasteiger partial charge in [-0.25, -0.2) is 4.39 Å². The molecule has 0 saturated heterocycles. The molecular weight excluding hydrogens is 317 g/mol. The summed E-state index contributed by atoms with van der Waals surface area (Å²) in [7, 11) is 0.0546. The summed E-state index contributed by atoms with van der Waals surface area (Å²) in [6, 6.07) is 12.9. The van der Waals surface area contributed by atoms with Crippen LogP contribution in [0.1, 0.15) is 12.5 Å². The van der Waals surface area contributed by atoms with Gasteiger partial charge in [0.05, 0.1) is 12.8 Å². The van der Waals surface area contributed by atoms with Gasteiger partial charge in [0.1, 0.15) is 16.8 Å². The van der Waals surface area contributed by atoms with E-state index in [2.05, 4.69) is 5.32 Å². The predicted octanol–water partition coefficient (Wildman–Crippen LogP) is 3.11. The molecule has 2 atom stereocenters. The molecule has 0 bridgehead atoms. The fourth-order valence-corrected chi connectivity index (χ4v) is 3.07. The summed E-state index contributed by atoms with van der Waals surface area (Å²) in [6.07, 6.45) is 0. The van der Waals surface area contributed by atoms with Crippen molar-refractivity contribution in [2.75, 3.05) is 12.4 Å². The Kier molecular flexibility index (Phi) is 5.87. The fraction of sp³-hybridized carbons (Fsp3) is 0.235. The Morgan fingerprint density at radius 1 is 1.26 bits per heavy atom. The van der Waals surface area contributed by atoms with Crippen molar-refractivity contribution in [1.29, 1.82) is 0 Å². The van der Waals surface area contributed by atoms with Gasteiger partial charge in [0.15, 0.2) is 0 Å². The van der Waals surface area contributed by atoms with Crippen molar-refractivity contribution in [3.63, 3.8) is 0 Å². The van der Waals surface area contributed by atoms with Gasteiger partial charge >= 0.3 is 0 Å². The maximum Gasteiger partial charge on any atom is 0.239 e. The number of para-hydroxylation sites is 2. The van der Waals surface area contributed by atoms with Crippen LogP contribution in [-0.2, 0) is 21.3 Å². The lowest BCUT2D eigenvalue weighted by Gasteiger charge is -2.14. The lowest BCUT2D eigenvalue weighted by molar-refractivity contribution is -0.115. The number of hydrogen-bond acceptors (Lipinski definition) is 3. The molecule has 2 aromatic carbocycles. The first-order valence-corrected chi connectivity index (χ1v) is 8.45. The molecule has 0 radical (unpaired) electrons. The average Bonchev–Trinajstić information content (AvgIpc) is 2.54. The SMILES string of the molecule is COc1ccccc1NC(=O)[C@@H](C)[S@@](=O)Cc1cccc(F)c1. The van der Waals surface area contributed by atoms with E-state index in [0.29, 0.717) is 17.0 Å². The van der Waals surface area contributed by atoms with E-state index in [9.17, 15) is 13.4 Å². The minimum Gasteiger partial charge on any atom is -0.495 e. The van der Waals surface area contributed by atoms with Gasteiger partial charge in [-0.3, -0.25) is 9.00 Å². The lowest BCUT2D eigenvalue weighted by atomic mass is 10.2. The summed E-state index contributed by atoms with van der Waals surface area (Å²) >= 11 is 0. The summed E-state index contributed by atoms with van der Waals surface area (Å²) in [4.78, 5) is 12.2. The summed E-state index contributed by atoms with van der Waals surface area (Å²) < 4.78 is 30.6. The van der Waals surface area contributed by atoms with Crippen LogP contribution in [0.25, 0.3) is 0 Å². The van der Waals surface area contributed by atoms with Gasteiger partial charge in [0, 0.05) is 16.6 Å². The molecule has 0 fully saturated rings. The largest absolute Gasteiger partial charge is 0.495 e. The average molecular weight is 335 g/mol. The van der Waals surface area contributed by atoms with E-state index in [1.165, 1.54) is 19.2 Å². The third kappa shape index (κ3) is 4.63. The van der Waals surface area contributed by atoms with E-state index < -0.39 is 16.0 Å². The zero-order chi connectivity index (χ0) is 16.8. The molecule has 0 aliphatic carbocycles. The first kappa shape index (κ1) is 17.1. The Hall–Kier alpha value is -2.21. The highest BCUT2D eigenvalue weighted by atomic mass is 32.2. The van der Waals surface area contributed by atoms with Crippen LogP contribution in [0.2, 0.25) is 0 Å². The molecule has 0 spiro atoms. The van der Waals surface area contributed by atoms with Gasteiger partial charge in [-0.1, -0.05) is 24.3 Å². The van der Waals surface area contributed by atoms with Gasteiger partial charge < -0.3 is 10.1 Å². The molecule has 1 amide bonds. The molecule has 1 N–H and O–H groups in total. The molecule has 122 valence electrons. The molecule has 0 saturated carbocycles. The quantitative estimate of drug-likeness (QED) is 0.882. The lowest BCUT2D eigenvalue weighted by Crippen LogP contribution is -2.29. The summed E-state index contributed by atoms with van der Waals surface area (Å²) in [5.41, 5.74) is 1.12. The van der Waals surface area contributed by atoms with Gasteiger partial charge in [-0.05, 0) is 36.8 Å². The van der Waals surface area contributed by atoms with Gasteiger partial charge in [0.2, 0.25) is 5.91 Å². The van der Waals surface area contributed by atoms with Crippen molar-refractivity contribution in [2.24, 2.45) is 0 Å². The van der Waals surface area contributed by atoms with Crippen LogP contribution in [0.15, 0.2) is 48.5 Å². The fourth-order valence-electron chi connectivity index (χ4n) is 2.02. The number of nitrogens with one attached hydrogen (secondary N) is 1. The molecular formula is C17H18FNO3S. The molecule has 0 unspecified atom stereocenters. The van der Waals surface area contributed by atoms with Crippen molar-refractivity contribution >= 4 is 22.4 Å². The second kappa shape index (κ2) is 7.87. The maximum absolute atomic E-state index is 13.2. The summed E-state index contributed by atoms with van der Waals surface area (Å²) in [5, 5.41) is 1.98. The van der Waals surface area contributed by atoms with Crippen LogP contribution in [0.5, 0.6) is 5.75 Å². The molecule has 0 heterocycles. The monoisotopic (exact) mass is 335 g/mol. The molecule has 2 aromatic rings. The highest BCUT2D eigenvalue weighted by molar-refractivity contribution is 7.85. The molecule has 0 aliphatic rings. The van der Waals surface area contributed by atoms with E-state index in [-0.39, 0.29) is 17.5 Å². The van der Waals surface area contributed by atoms with Gasteiger partial charge in [0.25, 0.3) is 0 Å². The zero-order valence-electron chi connectivity index (χ0n) is 12.9. The normalized spacial score (nSPS) is 13.2. The van der Waals surface area contributed by atoms with Gasteiger partial charge in [-0.15, -0.1) is 0 Å². The Morgan fingerprint density at radius 3 is 2.70 bits per heavy atom. The third-order valence-electron chi connectivity index (χ3n) is 3.33. The number of halogens is 1. The Morgan fingerprint density at radius 2 is 2.00 bits per heavy atom. The molecule has 0 aliphatic heterocycles. The van der Waals surface area contributed by atoms with Crippen molar-refractivity contribution in [1.82, 2.24) is 0 Å². The first-order chi connectivity index (χ1) is 11.0. The number of carbonyl (C=O) groups is 1. The van der Waals surface area contributed by atoms with E-state index in [1.807, 2.05) is 0 Å². The maximum atomic E-state index is 13.2. The highest BCUT2D eigenvalue weighted by Crippen LogP contribution is 2.23. The smallest absolute Gasteiger partial charge is 0.239 e. The number of rotatable bonds is 6.